The number of carbonyl (C=O) groups is 1. The summed E-state index contributed by atoms with van der Waals surface area (Å²) >= 11 is 0. The van der Waals surface area contributed by atoms with Crippen LogP contribution in [0.5, 0.6) is 17.2 Å². The van der Waals surface area contributed by atoms with Gasteiger partial charge in [-0.05, 0) is 35.9 Å². The molecule has 5 heteroatoms. The average Bonchev–Trinajstić information content (AvgIpc) is 2.77. The fourth-order valence-corrected chi connectivity index (χ4v) is 2.74. The molecule has 0 bridgehead atoms. The maximum Gasteiger partial charge on any atom is 0.341 e. The minimum atomic E-state index is -0.507. The van der Waals surface area contributed by atoms with Crippen molar-refractivity contribution in [1.29, 1.82) is 0 Å². The second-order valence-electron chi connectivity index (χ2n) is 6.11. The van der Waals surface area contributed by atoms with Crippen molar-refractivity contribution in [3.8, 4) is 17.2 Å². The van der Waals surface area contributed by atoms with Gasteiger partial charge < -0.3 is 18.9 Å². The Balaban J connectivity index is 1.80. The van der Waals surface area contributed by atoms with Gasteiger partial charge in [-0.3, -0.25) is 0 Å². The average molecular weight is 390 g/mol. The van der Waals surface area contributed by atoms with Crippen LogP contribution in [0.2, 0.25) is 0 Å². The van der Waals surface area contributed by atoms with Crippen LogP contribution in [-0.2, 0) is 20.9 Å². The minimum Gasteiger partial charge on any atom is -0.503 e. The maximum absolute atomic E-state index is 12.1. The van der Waals surface area contributed by atoms with E-state index in [1.165, 1.54) is 20.5 Å². The first-order valence-corrected chi connectivity index (χ1v) is 9.06. The SMILES string of the molecule is CO/C=C(/C(=O)OC)c1ccccc1Oc1cccc(COc2ccccc2)c1. The summed E-state index contributed by atoms with van der Waals surface area (Å²) < 4.78 is 21.8. The molecule has 0 radical (unpaired) electrons. The predicted octanol–water partition coefficient (Wildman–Crippen LogP) is 5.22. The highest BCUT2D eigenvalue weighted by atomic mass is 16.5. The van der Waals surface area contributed by atoms with Crippen LogP contribution < -0.4 is 9.47 Å². The van der Waals surface area contributed by atoms with Gasteiger partial charge in [-0.2, -0.15) is 0 Å². The number of benzene rings is 3. The van der Waals surface area contributed by atoms with Crippen LogP contribution in [0.25, 0.3) is 5.57 Å². The zero-order valence-corrected chi connectivity index (χ0v) is 16.3. The first-order chi connectivity index (χ1) is 14.2. The molecule has 0 unspecified atom stereocenters. The molecular weight excluding hydrogens is 368 g/mol. The van der Waals surface area contributed by atoms with Gasteiger partial charge in [0.15, 0.2) is 0 Å². The Bertz CT molecular complexity index is 979. The molecule has 3 aromatic rings. The Labute approximate surface area is 170 Å². The highest BCUT2D eigenvalue weighted by Gasteiger charge is 2.18. The van der Waals surface area contributed by atoms with Crippen molar-refractivity contribution >= 4 is 11.5 Å². The third-order valence-corrected chi connectivity index (χ3v) is 4.09. The molecule has 0 saturated carbocycles. The summed E-state index contributed by atoms with van der Waals surface area (Å²) in [6.45, 7) is 0.417. The van der Waals surface area contributed by atoms with E-state index < -0.39 is 5.97 Å². The predicted molar refractivity (Wildman–Crippen MR) is 111 cm³/mol. The standard InChI is InChI=1S/C24H22O5/c1-26-17-22(24(25)27-2)21-13-6-7-14-23(21)29-20-12-8-9-18(15-20)16-28-19-10-4-3-5-11-19/h3-15,17H,16H2,1-2H3/b22-17+. The van der Waals surface area contributed by atoms with Crippen LogP contribution >= 0.6 is 0 Å². The van der Waals surface area contributed by atoms with Crippen molar-refractivity contribution in [2.75, 3.05) is 14.2 Å². The van der Waals surface area contributed by atoms with Gasteiger partial charge in [-0.1, -0.05) is 48.5 Å². The summed E-state index contributed by atoms with van der Waals surface area (Å²) in [6, 6.07) is 24.4. The zero-order valence-electron chi connectivity index (χ0n) is 16.3. The van der Waals surface area contributed by atoms with E-state index in [9.17, 15) is 4.79 Å². The molecular formula is C24H22O5. The van der Waals surface area contributed by atoms with Crippen molar-refractivity contribution in [1.82, 2.24) is 0 Å². The van der Waals surface area contributed by atoms with Crippen molar-refractivity contribution < 1.29 is 23.7 Å². The normalized spacial score (nSPS) is 10.9. The van der Waals surface area contributed by atoms with Crippen LogP contribution in [0.4, 0.5) is 0 Å². The molecule has 0 aliphatic heterocycles. The Morgan fingerprint density at radius 3 is 2.34 bits per heavy atom. The van der Waals surface area contributed by atoms with Gasteiger partial charge in [0.1, 0.15) is 29.4 Å². The Kier molecular flexibility index (Phi) is 6.90. The second-order valence-corrected chi connectivity index (χ2v) is 6.11. The van der Waals surface area contributed by atoms with Crippen molar-refractivity contribution in [2.45, 2.75) is 6.61 Å². The van der Waals surface area contributed by atoms with Gasteiger partial charge >= 0.3 is 5.97 Å². The zero-order chi connectivity index (χ0) is 20.5. The first-order valence-electron chi connectivity index (χ1n) is 9.06. The van der Waals surface area contributed by atoms with E-state index in [2.05, 4.69) is 0 Å². The smallest absolute Gasteiger partial charge is 0.341 e. The lowest BCUT2D eigenvalue weighted by Gasteiger charge is -2.13. The monoisotopic (exact) mass is 390 g/mol. The van der Waals surface area contributed by atoms with E-state index in [1.807, 2.05) is 66.7 Å². The lowest BCUT2D eigenvalue weighted by atomic mass is 10.1. The van der Waals surface area contributed by atoms with Crippen LogP contribution in [0.3, 0.4) is 0 Å². The molecule has 5 nitrogen and oxygen atoms in total. The molecule has 0 spiro atoms. The molecule has 0 aromatic heterocycles. The van der Waals surface area contributed by atoms with Gasteiger partial charge in [-0.15, -0.1) is 0 Å². The van der Waals surface area contributed by atoms with Crippen molar-refractivity contribution in [3.05, 3.63) is 96.3 Å². The summed E-state index contributed by atoms with van der Waals surface area (Å²) in [5.74, 6) is 1.44. The molecule has 0 fully saturated rings. The Morgan fingerprint density at radius 1 is 0.862 bits per heavy atom. The molecule has 3 rings (SSSR count). The number of esters is 1. The summed E-state index contributed by atoms with van der Waals surface area (Å²) in [7, 11) is 2.80. The Hall–Kier alpha value is -3.73. The summed E-state index contributed by atoms with van der Waals surface area (Å²) in [6.07, 6.45) is 1.35. The molecule has 3 aromatic carbocycles. The number of para-hydroxylation sites is 2. The van der Waals surface area contributed by atoms with E-state index in [-0.39, 0.29) is 5.57 Å². The molecule has 0 atom stereocenters. The highest BCUT2D eigenvalue weighted by Crippen LogP contribution is 2.31. The molecule has 148 valence electrons. The number of ether oxygens (including phenoxy) is 4. The largest absolute Gasteiger partial charge is 0.503 e. The van der Waals surface area contributed by atoms with E-state index in [4.69, 9.17) is 18.9 Å². The van der Waals surface area contributed by atoms with Crippen molar-refractivity contribution in [3.63, 3.8) is 0 Å². The number of hydrogen-bond acceptors (Lipinski definition) is 5. The van der Waals surface area contributed by atoms with E-state index in [0.717, 1.165) is 11.3 Å². The van der Waals surface area contributed by atoms with Crippen molar-refractivity contribution in [2.24, 2.45) is 0 Å². The van der Waals surface area contributed by atoms with Gasteiger partial charge in [0.25, 0.3) is 0 Å². The molecule has 0 heterocycles. The van der Waals surface area contributed by atoms with Gasteiger partial charge in [0.2, 0.25) is 0 Å². The van der Waals surface area contributed by atoms with Crippen LogP contribution in [0.1, 0.15) is 11.1 Å². The maximum atomic E-state index is 12.1. The van der Waals surface area contributed by atoms with Gasteiger partial charge in [-0.25, -0.2) is 4.79 Å². The number of rotatable bonds is 8. The lowest BCUT2D eigenvalue weighted by Crippen LogP contribution is -2.05. The molecule has 0 aliphatic rings. The quantitative estimate of drug-likeness (QED) is 0.300. The van der Waals surface area contributed by atoms with Crippen LogP contribution in [0, 0.1) is 0 Å². The highest BCUT2D eigenvalue weighted by molar-refractivity contribution is 6.17. The molecule has 0 N–H and O–H groups in total. The van der Waals surface area contributed by atoms with E-state index >= 15 is 0 Å². The number of carbonyl (C=O) groups excluding carboxylic acids is 1. The van der Waals surface area contributed by atoms with Gasteiger partial charge in [0, 0.05) is 5.56 Å². The van der Waals surface area contributed by atoms with Crippen LogP contribution in [-0.4, -0.2) is 20.2 Å². The van der Waals surface area contributed by atoms with Crippen LogP contribution in [0.15, 0.2) is 85.1 Å². The molecule has 0 saturated heterocycles. The second kappa shape index (κ2) is 9.99. The minimum absolute atomic E-state index is 0.272. The van der Waals surface area contributed by atoms with Gasteiger partial charge in [0.05, 0.1) is 20.5 Å². The molecule has 29 heavy (non-hydrogen) atoms. The summed E-state index contributed by atoms with van der Waals surface area (Å²) in [5, 5.41) is 0. The summed E-state index contributed by atoms with van der Waals surface area (Å²) in [4.78, 5) is 12.1. The lowest BCUT2D eigenvalue weighted by molar-refractivity contribution is -0.133. The third kappa shape index (κ3) is 5.39. The van der Waals surface area contributed by atoms with E-state index in [0.29, 0.717) is 23.7 Å². The molecule has 0 amide bonds. The fraction of sp³-hybridized carbons (Fsp3) is 0.125. The van der Waals surface area contributed by atoms with E-state index in [1.54, 1.807) is 12.1 Å². The summed E-state index contributed by atoms with van der Waals surface area (Å²) in [5.41, 5.74) is 1.81. The Morgan fingerprint density at radius 2 is 1.59 bits per heavy atom. The first kappa shape index (κ1) is 20.0. The molecule has 0 aliphatic carbocycles. The topological polar surface area (TPSA) is 54.0 Å². The third-order valence-electron chi connectivity index (χ3n) is 4.09. The fourth-order valence-electron chi connectivity index (χ4n) is 2.74. The number of hydrogen-bond donors (Lipinski definition) is 0. The number of methoxy groups -OCH3 is 2.